The van der Waals surface area contributed by atoms with E-state index >= 15 is 0 Å². The van der Waals surface area contributed by atoms with E-state index in [2.05, 4.69) is 15.3 Å². The van der Waals surface area contributed by atoms with E-state index in [1.165, 1.54) is 18.2 Å². The van der Waals surface area contributed by atoms with Gasteiger partial charge in [0, 0.05) is 30.6 Å². The summed E-state index contributed by atoms with van der Waals surface area (Å²) in [7, 11) is 1.86. The number of aryl methyl sites for hydroxylation is 1. The molecule has 164 valence electrons. The van der Waals surface area contributed by atoms with Crippen LogP contribution in [0.5, 0.6) is 0 Å². The predicted molar refractivity (Wildman–Crippen MR) is 114 cm³/mol. The van der Waals surface area contributed by atoms with E-state index < -0.39 is 11.6 Å². The largest absolute Gasteiger partial charge is 0.352 e. The number of fused-ring (bicyclic) bond motifs is 1. The first kappa shape index (κ1) is 20.4. The number of carbonyl (C=O) groups is 1. The fraction of sp³-hybridized carbons (Fsp3) is 0.250. The number of benzene rings is 2. The molecule has 1 amide bonds. The van der Waals surface area contributed by atoms with Gasteiger partial charge in [-0.3, -0.25) is 4.79 Å². The molecule has 32 heavy (non-hydrogen) atoms. The topological polar surface area (TPSA) is 62.7 Å². The van der Waals surface area contributed by atoms with Crippen molar-refractivity contribution in [2.24, 2.45) is 13.0 Å². The van der Waals surface area contributed by atoms with Crippen LogP contribution in [0.1, 0.15) is 30.0 Å². The molecule has 4 aromatic rings. The molecule has 1 aliphatic rings. The van der Waals surface area contributed by atoms with Gasteiger partial charge < -0.3 is 14.9 Å². The van der Waals surface area contributed by atoms with Crippen molar-refractivity contribution in [3.63, 3.8) is 0 Å². The average molecular weight is 438 g/mol. The molecule has 0 radical (unpaired) electrons. The maximum absolute atomic E-state index is 14.5. The maximum Gasteiger partial charge on any atom is 0.223 e. The van der Waals surface area contributed by atoms with Gasteiger partial charge in [0.2, 0.25) is 5.91 Å². The van der Waals surface area contributed by atoms with E-state index in [0.29, 0.717) is 36.0 Å². The van der Waals surface area contributed by atoms with Crippen LogP contribution in [0.2, 0.25) is 0 Å². The molecule has 2 N–H and O–H groups in total. The first-order valence-corrected chi connectivity index (χ1v) is 10.4. The second kappa shape index (κ2) is 7.85. The average Bonchev–Trinajstić information content (AvgIpc) is 3.30. The lowest BCUT2D eigenvalue weighted by Gasteiger charge is -2.35. The van der Waals surface area contributed by atoms with Gasteiger partial charge in [0.15, 0.2) is 0 Å². The normalized spacial score (nSPS) is 18.0. The van der Waals surface area contributed by atoms with Crippen molar-refractivity contribution in [1.82, 2.24) is 19.9 Å². The van der Waals surface area contributed by atoms with Crippen molar-refractivity contribution < 1.29 is 18.0 Å². The van der Waals surface area contributed by atoms with Crippen LogP contribution in [0.3, 0.4) is 0 Å². The number of nitrogens with zero attached hydrogens (tertiary/aromatic N) is 2. The van der Waals surface area contributed by atoms with Crippen molar-refractivity contribution in [3.8, 4) is 11.3 Å². The van der Waals surface area contributed by atoms with E-state index in [-0.39, 0.29) is 29.1 Å². The van der Waals surface area contributed by atoms with E-state index in [1.807, 2.05) is 17.8 Å². The number of H-pyrrole nitrogens is 1. The lowest BCUT2D eigenvalue weighted by Crippen LogP contribution is -2.37. The van der Waals surface area contributed by atoms with Crippen LogP contribution in [0.4, 0.5) is 13.2 Å². The fourth-order valence-electron chi connectivity index (χ4n) is 4.46. The molecule has 5 nitrogen and oxygen atoms in total. The molecule has 0 atom stereocenters. The third kappa shape index (κ3) is 3.66. The highest BCUT2D eigenvalue weighted by atomic mass is 19.1. The van der Waals surface area contributed by atoms with Gasteiger partial charge >= 0.3 is 0 Å². The predicted octanol–water partition coefficient (Wildman–Crippen LogP) is 4.80. The number of rotatable bonds is 5. The van der Waals surface area contributed by atoms with Crippen molar-refractivity contribution in [3.05, 3.63) is 77.6 Å². The Morgan fingerprint density at radius 3 is 2.59 bits per heavy atom. The monoisotopic (exact) mass is 438 g/mol. The fourth-order valence-corrected chi connectivity index (χ4v) is 4.46. The summed E-state index contributed by atoms with van der Waals surface area (Å²) in [4.78, 5) is 19.8. The number of aromatic nitrogens is 3. The minimum atomic E-state index is -0.682. The van der Waals surface area contributed by atoms with E-state index in [9.17, 15) is 18.0 Å². The molecule has 8 heteroatoms. The van der Waals surface area contributed by atoms with Gasteiger partial charge in [-0.25, -0.2) is 18.2 Å². The van der Waals surface area contributed by atoms with E-state index in [0.717, 1.165) is 17.3 Å². The molecule has 1 fully saturated rings. The summed E-state index contributed by atoms with van der Waals surface area (Å²) in [6.07, 6.45) is 4.64. The second-order valence-electron chi connectivity index (χ2n) is 8.34. The minimum Gasteiger partial charge on any atom is -0.352 e. The number of carbonyl (C=O) groups excluding carboxylic acids is 1. The molecule has 2 heterocycles. The standard InChI is InChI=1S/C24H21F3N4O/c1-31-11-18(29-12-31)10-28-24(32)15-6-14(7-15)21-19-8-17(26)9-20(27)23(19)30-22(21)13-2-4-16(25)5-3-13/h2-5,8-9,11-12,14-15,30H,6-7,10H2,1H3,(H,28,32)/t14-,15-. The summed E-state index contributed by atoms with van der Waals surface area (Å²) < 4.78 is 43.7. The molecule has 2 aromatic carbocycles. The molecule has 1 aliphatic carbocycles. The van der Waals surface area contributed by atoms with Crippen LogP contribution in [0, 0.1) is 23.4 Å². The molecule has 0 unspecified atom stereocenters. The Kier molecular flexibility index (Phi) is 5.00. The van der Waals surface area contributed by atoms with Crippen molar-refractivity contribution in [2.45, 2.75) is 25.3 Å². The van der Waals surface area contributed by atoms with Crippen molar-refractivity contribution in [1.29, 1.82) is 0 Å². The number of halogens is 3. The highest BCUT2D eigenvalue weighted by Gasteiger charge is 2.38. The van der Waals surface area contributed by atoms with Gasteiger partial charge in [-0.1, -0.05) is 0 Å². The molecule has 2 aromatic heterocycles. The van der Waals surface area contributed by atoms with Gasteiger partial charge in [0.1, 0.15) is 17.5 Å². The Balaban J connectivity index is 1.40. The quantitative estimate of drug-likeness (QED) is 0.470. The SMILES string of the molecule is Cn1cnc(CNC(=O)[C@H]2C[C@H](c3c(-c4ccc(F)cc4)[nH]c4c(F)cc(F)cc43)C2)c1. The second-order valence-corrected chi connectivity index (χ2v) is 8.34. The summed E-state index contributed by atoms with van der Waals surface area (Å²) >= 11 is 0. The number of nitrogens with one attached hydrogen (secondary N) is 2. The molecule has 1 saturated carbocycles. The third-order valence-corrected chi connectivity index (χ3v) is 6.12. The van der Waals surface area contributed by atoms with Crippen molar-refractivity contribution in [2.75, 3.05) is 0 Å². The van der Waals surface area contributed by atoms with Crippen molar-refractivity contribution >= 4 is 16.8 Å². The van der Waals surface area contributed by atoms with Crippen LogP contribution < -0.4 is 5.32 Å². The van der Waals surface area contributed by atoms with Gasteiger partial charge in [0.25, 0.3) is 0 Å². The molecular weight excluding hydrogens is 417 g/mol. The summed E-state index contributed by atoms with van der Waals surface area (Å²) in [5, 5.41) is 3.36. The first-order chi connectivity index (χ1) is 15.4. The molecular formula is C24H21F3N4O. The molecule has 0 saturated heterocycles. The molecule has 5 rings (SSSR count). The van der Waals surface area contributed by atoms with E-state index in [1.54, 1.807) is 18.5 Å². The minimum absolute atomic E-state index is 0.0457. The van der Waals surface area contributed by atoms with Crippen LogP contribution in [0.15, 0.2) is 48.9 Å². The zero-order chi connectivity index (χ0) is 22.4. The van der Waals surface area contributed by atoms with E-state index in [4.69, 9.17) is 0 Å². The Labute approximate surface area is 182 Å². The third-order valence-electron chi connectivity index (χ3n) is 6.12. The lowest BCUT2D eigenvalue weighted by atomic mass is 9.70. The van der Waals surface area contributed by atoms with Crippen LogP contribution in [-0.4, -0.2) is 20.4 Å². The summed E-state index contributed by atoms with van der Waals surface area (Å²) in [5.74, 6) is -2.02. The smallest absolute Gasteiger partial charge is 0.223 e. The Morgan fingerprint density at radius 2 is 1.91 bits per heavy atom. The number of hydrogen-bond acceptors (Lipinski definition) is 2. The summed E-state index contributed by atoms with van der Waals surface area (Å²) in [5.41, 5.74) is 3.06. The lowest BCUT2D eigenvalue weighted by molar-refractivity contribution is -0.128. The number of amides is 1. The van der Waals surface area contributed by atoms with Crippen LogP contribution >= 0.6 is 0 Å². The maximum atomic E-state index is 14.5. The van der Waals surface area contributed by atoms with Crippen LogP contribution in [0.25, 0.3) is 22.2 Å². The Morgan fingerprint density at radius 1 is 1.16 bits per heavy atom. The number of imidazole rings is 1. The summed E-state index contributed by atoms with van der Waals surface area (Å²) in [6.45, 7) is 0.352. The molecule has 0 bridgehead atoms. The first-order valence-electron chi connectivity index (χ1n) is 10.4. The Hall–Kier alpha value is -3.55. The zero-order valence-corrected chi connectivity index (χ0v) is 17.3. The Bertz CT molecular complexity index is 1300. The number of hydrogen-bond donors (Lipinski definition) is 2. The van der Waals surface area contributed by atoms with Gasteiger partial charge in [0.05, 0.1) is 29.8 Å². The highest BCUT2D eigenvalue weighted by molar-refractivity contribution is 5.92. The van der Waals surface area contributed by atoms with Gasteiger partial charge in [-0.15, -0.1) is 0 Å². The molecule has 0 aliphatic heterocycles. The highest BCUT2D eigenvalue weighted by Crippen LogP contribution is 2.48. The van der Waals surface area contributed by atoms with Crippen LogP contribution in [-0.2, 0) is 18.4 Å². The van der Waals surface area contributed by atoms with Gasteiger partial charge in [-0.05, 0) is 60.2 Å². The summed E-state index contributed by atoms with van der Waals surface area (Å²) in [6, 6.07) is 8.02. The zero-order valence-electron chi connectivity index (χ0n) is 17.3. The van der Waals surface area contributed by atoms with Gasteiger partial charge in [-0.2, -0.15) is 0 Å². The molecule has 0 spiro atoms. The number of aromatic amines is 1.